The van der Waals surface area contributed by atoms with E-state index < -0.39 is 0 Å². The molecule has 1 saturated heterocycles. The van der Waals surface area contributed by atoms with Gasteiger partial charge in [-0.1, -0.05) is 49.4 Å². The third-order valence-electron chi connectivity index (χ3n) is 8.75. The normalized spacial score (nSPS) is 22.0. The van der Waals surface area contributed by atoms with Gasteiger partial charge in [0.2, 0.25) is 0 Å². The van der Waals surface area contributed by atoms with Crippen LogP contribution in [0.1, 0.15) is 91.9 Å². The van der Waals surface area contributed by atoms with E-state index in [1.54, 1.807) is 12.1 Å². The third kappa shape index (κ3) is 8.27. The van der Waals surface area contributed by atoms with Gasteiger partial charge in [-0.15, -0.1) is 11.3 Å². The van der Waals surface area contributed by atoms with E-state index in [9.17, 15) is 9.18 Å². The topological polar surface area (TPSA) is 54.5 Å². The minimum atomic E-state index is -0.211. The molecule has 0 radical (unpaired) electrons. The molecule has 0 spiro atoms. The van der Waals surface area contributed by atoms with Gasteiger partial charge < -0.3 is 15.0 Å². The summed E-state index contributed by atoms with van der Waals surface area (Å²) in [4.78, 5) is 21.7. The number of carbonyl (C=O) groups excluding carboxylic acids is 1. The molecule has 1 saturated carbocycles. The Morgan fingerprint density at radius 3 is 2.55 bits per heavy atom. The van der Waals surface area contributed by atoms with Crippen LogP contribution in [0, 0.1) is 11.7 Å². The number of piperidine rings is 1. The molecule has 2 aliphatic rings. The number of halogens is 1. The molecule has 1 N–H and O–H groups in total. The lowest BCUT2D eigenvalue weighted by Gasteiger charge is -2.34. The maximum absolute atomic E-state index is 14.2. The smallest absolute Gasteiger partial charge is 0.320 e. The quantitative estimate of drug-likeness (QED) is 0.255. The van der Waals surface area contributed by atoms with Crippen LogP contribution in [0.15, 0.2) is 54.6 Å². The van der Waals surface area contributed by atoms with Crippen molar-refractivity contribution >= 4 is 17.3 Å². The van der Waals surface area contributed by atoms with Crippen LogP contribution in [0.25, 0.3) is 0 Å². The number of rotatable bonds is 10. The van der Waals surface area contributed by atoms with E-state index in [4.69, 9.17) is 9.72 Å². The molecule has 3 atom stereocenters. The van der Waals surface area contributed by atoms with Gasteiger partial charge in [-0.05, 0) is 107 Å². The largest absolute Gasteiger partial charge is 0.461 e. The fourth-order valence-electron chi connectivity index (χ4n) is 6.62. The third-order valence-corrected chi connectivity index (χ3v) is 10.0. The molecule has 2 aromatic carbocycles. The van der Waals surface area contributed by atoms with E-state index in [-0.39, 0.29) is 35.9 Å². The molecule has 0 amide bonds. The SMILES string of the molecule is CCc1nc(Cc2ccccc2)sc1C1CCN(C[C@H]2C[C@H](OC(=O)CNC(C)(C)C)C[C@@H]2c2cccc(F)c2)CC1. The summed E-state index contributed by atoms with van der Waals surface area (Å²) >= 11 is 1.91. The minimum Gasteiger partial charge on any atom is -0.461 e. The van der Waals surface area contributed by atoms with Crippen LogP contribution >= 0.6 is 11.3 Å². The van der Waals surface area contributed by atoms with Crippen molar-refractivity contribution in [1.82, 2.24) is 15.2 Å². The maximum atomic E-state index is 14.2. The van der Waals surface area contributed by atoms with Crippen LogP contribution < -0.4 is 5.32 Å². The first-order valence-corrected chi connectivity index (χ1v) is 16.4. The van der Waals surface area contributed by atoms with Crippen molar-refractivity contribution in [3.63, 3.8) is 0 Å². The lowest BCUT2D eigenvalue weighted by Crippen LogP contribution is -2.40. The van der Waals surface area contributed by atoms with Crippen LogP contribution in [-0.4, -0.2) is 53.7 Å². The molecule has 2 heterocycles. The summed E-state index contributed by atoms with van der Waals surface area (Å²) < 4.78 is 20.1. The van der Waals surface area contributed by atoms with E-state index in [0.29, 0.717) is 11.8 Å². The zero-order chi connectivity index (χ0) is 29.7. The number of hydrogen-bond acceptors (Lipinski definition) is 6. The van der Waals surface area contributed by atoms with E-state index in [1.807, 2.05) is 38.2 Å². The number of benzene rings is 2. The highest BCUT2D eigenvalue weighted by Gasteiger charge is 2.39. The number of ether oxygens (including phenoxy) is 1. The van der Waals surface area contributed by atoms with Crippen molar-refractivity contribution in [2.45, 2.75) is 89.7 Å². The van der Waals surface area contributed by atoms with Crippen LogP contribution in [-0.2, 0) is 22.4 Å². The Labute approximate surface area is 254 Å². The molecule has 2 fully saturated rings. The van der Waals surface area contributed by atoms with Crippen molar-refractivity contribution in [3.05, 3.63) is 87.1 Å². The summed E-state index contributed by atoms with van der Waals surface area (Å²) in [6.07, 6.45) is 5.57. The Balaban J connectivity index is 1.21. The van der Waals surface area contributed by atoms with Crippen molar-refractivity contribution in [2.75, 3.05) is 26.2 Å². The molecule has 3 aromatic rings. The fraction of sp³-hybridized carbons (Fsp3) is 0.543. The van der Waals surface area contributed by atoms with E-state index in [2.05, 4.69) is 47.5 Å². The van der Waals surface area contributed by atoms with Crippen LogP contribution in [0.3, 0.4) is 0 Å². The highest BCUT2D eigenvalue weighted by atomic mass is 32.1. The number of aromatic nitrogens is 1. The van der Waals surface area contributed by atoms with Gasteiger partial charge in [0.05, 0.1) is 17.2 Å². The molecule has 1 aliphatic carbocycles. The summed E-state index contributed by atoms with van der Waals surface area (Å²) in [5.41, 5.74) is 3.46. The van der Waals surface area contributed by atoms with Crippen molar-refractivity contribution in [3.8, 4) is 0 Å². The van der Waals surface area contributed by atoms with Gasteiger partial charge in [-0.2, -0.15) is 0 Å². The standard InChI is InChI=1S/C35H46FN3O2S/c1-5-31-34(42-32(38-31)18-24-10-7-6-8-11-24)25-14-16-39(17-15-25)23-27-20-29(41-33(40)22-37-35(2,3)4)21-30(27)26-12-9-13-28(36)19-26/h6-13,19,25,27,29-30,37H,5,14-18,20-23H2,1-4H3/t27-,29+,30-/m1/s1. The molecule has 42 heavy (non-hydrogen) atoms. The van der Waals surface area contributed by atoms with Gasteiger partial charge in [0.1, 0.15) is 11.9 Å². The summed E-state index contributed by atoms with van der Waals surface area (Å²) in [5.74, 6) is 0.649. The summed E-state index contributed by atoms with van der Waals surface area (Å²) in [6, 6.07) is 17.6. The second-order valence-corrected chi connectivity index (χ2v) is 14.2. The predicted octanol–water partition coefficient (Wildman–Crippen LogP) is 7.11. The molecular weight excluding hydrogens is 545 g/mol. The van der Waals surface area contributed by atoms with Gasteiger partial charge in [-0.25, -0.2) is 9.37 Å². The van der Waals surface area contributed by atoms with E-state index in [1.165, 1.54) is 27.2 Å². The molecule has 1 aromatic heterocycles. The number of aryl methyl sites for hydroxylation is 1. The van der Waals surface area contributed by atoms with Crippen molar-refractivity contribution in [1.29, 1.82) is 0 Å². The Morgan fingerprint density at radius 2 is 1.86 bits per heavy atom. The van der Waals surface area contributed by atoms with Gasteiger partial charge in [0.15, 0.2) is 0 Å². The molecule has 226 valence electrons. The predicted molar refractivity (Wildman–Crippen MR) is 169 cm³/mol. The Bertz CT molecular complexity index is 1310. The molecule has 1 aliphatic heterocycles. The number of thiazole rings is 1. The van der Waals surface area contributed by atoms with E-state index >= 15 is 0 Å². The molecule has 0 bridgehead atoms. The van der Waals surface area contributed by atoms with Gasteiger partial charge in [0.25, 0.3) is 0 Å². The average molecular weight is 592 g/mol. The second-order valence-electron chi connectivity index (χ2n) is 13.1. The molecule has 5 nitrogen and oxygen atoms in total. The van der Waals surface area contributed by atoms with Gasteiger partial charge >= 0.3 is 5.97 Å². The number of carbonyl (C=O) groups is 1. The number of hydrogen-bond donors (Lipinski definition) is 1. The highest BCUT2D eigenvalue weighted by molar-refractivity contribution is 7.11. The summed E-state index contributed by atoms with van der Waals surface area (Å²) in [5, 5.41) is 4.45. The Kier molecular flexibility index (Phi) is 10.1. The first-order chi connectivity index (χ1) is 20.2. The first kappa shape index (κ1) is 30.8. The van der Waals surface area contributed by atoms with Crippen LogP contribution in [0.5, 0.6) is 0 Å². The lowest BCUT2D eigenvalue weighted by molar-refractivity contribution is -0.148. The average Bonchev–Trinajstić information content (AvgIpc) is 3.56. The Hall–Kier alpha value is -2.61. The lowest BCUT2D eigenvalue weighted by atomic mass is 9.87. The molecule has 7 heteroatoms. The number of esters is 1. The second kappa shape index (κ2) is 13.8. The monoisotopic (exact) mass is 591 g/mol. The molecule has 5 rings (SSSR count). The van der Waals surface area contributed by atoms with E-state index in [0.717, 1.165) is 63.7 Å². The van der Waals surface area contributed by atoms with Crippen molar-refractivity contribution < 1.29 is 13.9 Å². The first-order valence-electron chi connectivity index (χ1n) is 15.6. The Morgan fingerprint density at radius 1 is 1.10 bits per heavy atom. The van der Waals surface area contributed by atoms with Crippen LogP contribution in [0.2, 0.25) is 0 Å². The molecule has 0 unspecified atom stereocenters. The van der Waals surface area contributed by atoms with Gasteiger partial charge in [-0.3, -0.25) is 4.79 Å². The number of likely N-dealkylation sites (tertiary alicyclic amines) is 1. The molecular formula is C35H46FN3O2S. The highest BCUT2D eigenvalue weighted by Crippen LogP contribution is 2.43. The summed E-state index contributed by atoms with van der Waals surface area (Å²) in [6.45, 7) is 11.6. The number of nitrogens with one attached hydrogen (secondary N) is 1. The number of nitrogens with zero attached hydrogens (tertiary/aromatic N) is 2. The zero-order valence-electron chi connectivity index (χ0n) is 25.6. The summed E-state index contributed by atoms with van der Waals surface area (Å²) in [7, 11) is 0. The zero-order valence-corrected chi connectivity index (χ0v) is 26.4. The maximum Gasteiger partial charge on any atom is 0.320 e. The fourth-order valence-corrected chi connectivity index (χ4v) is 7.98. The van der Waals surface area contributed by atoms with Gasteiger partial charge in [0, 0.05) is 23.4 Å². The minimum absolute atomic E-state index is 0.137. The van der Waals surface area contributed by atoms with Crippen molar-refractivity contribution in [2.24, 2.45) is 5.92 Å². The van der Waals surface area contributed by atoms with Crippen LogP contribution in [0.4, 0.5) is 4.39 Å².